The van der Waals surface area contributed by atoms with Crippen LogP contribution < -0.4 is 0 Å². The molecule has 0 aromatic heterocycles. The van der Waals surface area contributed by atoms with E-state index in [0.29, 0.717) is 0 Å². The molecule has 0 aliphatic heterocycles. The molecule has 0 atom stereocenters. The lowest BCUT2D eigenvalue weighted by molar-refractivity contribution is 0.592. The van der Waals surface area contributed by atoms with E-state index in [2.05, 4.69) is 38.2 Å². The summed E-state index contributed by atoms with van der Waals surface area (Å²) in [5.74, 6) is 0. The van der Waals surface area contributed by atoms with Gasteiger partial charge in [-0.25, -0.2) is 0 Å². The largest absolute Gasteiger partial charge is 0.0882 e. The highest BCUT2D eigenvalue weighted by Gasteiger charge is 1.88. The Morgan fingerprint density at radius 3 is 1.94 bits per heavy atom. The third-order valence-electron chi connectivity index (χ3n) is 2.95. The minimum absolute atomic E-state index is 1.01. The quantitative estimate of drug-likeness (QED) is 0.277. The first-order chi connectivity index (χ1) is 8.41. The van der Waals surface area contributed by atoms with Crippen LogP contribution in [0.1, 0.15) is 77.6 Å². The molecule has 0 spiro atoms. The first-order valence-corrected chi connectivity index (χ1v) is 7.51. The van der Waals surface area contributed by atoms with Gasteiger partial charge in [-0.15, -0.1) is 0 Å². The molecule has 0 bridgehead atoms. The molecule has 0 aliphatic carbocycles. The highest BCUT2D eigenvalue weighted by molar-refractivity contribution is 4.92. The number of unbranched alkanes of at least 4 members (excludes halogenated alkanes) is 8. The van der Waals surface area contributed by atoms with E-state index in [1.54, 1.807) is 0 Å². The lowest BCUT2D eigenvalue weighted by Crippen LogP contribution is -1.78. The molecule has 0 rings (SSSR count). The van der Waals surface area contributed by atoms with Crippen molar-refractivity contribution in [3.63, 3.8) is 0 Å². The summed E-state index contributed by atoms with van der Waals surface area (Å²) in [6, 6.07) is 0. The fourth-order valence-corrected chi connectivity index (χ4v) is 1.84. The summed E-state index contributed by atoms with van der Waals surface area (Å²) in [7, 11) is 0. The van der Waals surface area contributed by atoms with Crippen LogP contribution in [0.15, 0.2) is 24.3 Å². The second kappa shape index (κ2) is 15.5. The topological polar surface area (TPSA) is 0 Å². The second-order valence-electron chi connectivity index (χ2n) is 4.73. The van der Waals surface area contributed by atoms with Crippen LogP contribution in [-0.4, -0.2) is 0 Å². The molecule has 0 amide bonds. The van der Waals surface area contributed by atoms with Gasteiger partial charge in [-0.2, -0.15) is 0 Å². The average molecular weight is 235 g/mol. The van der Waals surface area contributed by atoms with Crippen molar-refractivity contribution in [3.05, 3.63) is 31.2 Å². The predicted molar refractivity (Wildman–Crippen MR) is 80.1 cm³/mol. The predicted octanol–water partition coefficient (Wildman–Crippen LogP) is 6.24. The summed E-state index contributed by atoms with van der Waals surface area (Å²) >= 11 is 0. The van der Waals surface area contributed by atoms with Crippen LogP contribution in [0.25, 0.3) is 0 Å². The summed E-state index contributed by atoms with van der Waals surface area (Å²) in [5.41, 5.74) is 0. The molecule has 0 unspecified atom stereocenters. The maximum atomic E-state index is 3.81. The van der Waals surface area contributed by atoms with Crippen LogP contribution in [0, 0.1) is 6.92 Å². The summed E-state index contributed by atoms with van der Waals surface area (Å²) in [5, 5.41) is 0. The lowest BCUT2D eigenvalue weighted by atomic mass is 10.1. The van der Waals surface area contributed by atoms with Crippen molar-refractivity contribution in [2.24, 2.45) is 0 Å². The molecule has 99 valence electrons. The molecule has 0 saturated carbocycles. The molecule has 0 N–H and O–H groups in total. The summed E-state index contributed by atoms with van der Waals surface area (Å²) in [4.78, 5) is 0. The highest BCUT2D eigenvalue weighted by Crippen LogP contribution is 2.08. The van der Waals surface area contributed by atoms with Gasteiger partial charge in [0.1, 0.15) is 0 Å². The van der Waals surface area contributed by atoms with Crippen LogP contribution in [0.4, 0.5) is 0 Å². The Hall–Kier alpha value is -0.520. The van der Waals surface area contributed by atoms with E-state index in [0.717, 1.165) is 19.3 Å². The molecular formula is C17H31. The van der Waals surface area contributed by atoms with Crippen molar-refractivity contribution in [2.75, 3.05) is 0 Å². The Bertz CT molecular complexity index is 176. The number of hydrogen-bond acceptors (Lipinski definition) is 0. The Kier molecular flexibility index (Phi) is 15.0. The van der Waals surface area contributed by atoms with E-state index in [4.69, 9.17) is 0 Å². The van der Waals surface area contributed by atoms with Crippen LogP contribution >= 0.6 is 0 Å². The molecule has 0 aromatic carbocycles. The maximum absolute atomic E-state index is 3.81. The van der Waals surface area contributed by atoms with Gasteiger partial charge in [0.2, 0.25) is 0 Å². The highest BCUT2D eigenvalue weighted by atomic mass is 13.9. The second-order valence-corrected chi connectivity index (χ2v) is 4.73. The van der Waals surface area contributed by atoms with E-state index < -0.39 is 0 Å². The van der Waals surface area contributed by atoms with Gasteiger partial charge >= 0.3 is 0 Å². The van der Waals surface area contributed by atoms with E-state index in [-0.39, 0.29) is 0 Å². The number of hydrogen-bond donors (Lipinski definition) is 0. The van der Waals surface area contributed by atoms with Crippen molar-refractivity contribution in [1.29, 1.82) is 0 Å². The van der Waals surface area contributed by atoms with Crippen molar-refractivity contribution in [2.45, 2.75) is 77.6 Å². The average Bonchev–Trinajstić information content (AvgIpc) is 2.35. The van der Waals surface area contributed by atoms with Gasteiger partial charge in [0.05, 0.1) is 0 Å². The zero-order chi connectivity index (χ0) is 12.6. The van der Waals surface area contributed by atoms with Gasteiger partial charge in [-0.3, -0.25) is 0 Å². The standard InChI is InChI=1S/C17H31/c1-3-5-7-9-11-13-15-17-16-14-12-10-8-6-4-2/h7,9,13,15H,1,3-6,8,10-12,14,16-17H2,2H3/b9-7+,15-13+. The van der Waals surface area contributed by atoms with Crippen LogP contribution in [0.5, 0.6) is 0 Å². The van der Waals surface area contributed by atoms with E-state index in [9.17, 15) is 0 Å². The first-order valence-electron chi connectivity index (χ1n) is 7.51. The summed E-state index contributed by atoms with van der Waals surface area (Å²) < 4.78 is 0. The SMILES string of the molecule is [CH2]CC/C=C/C/C=C/CCCCCCCCC. The zero-order valence-electron chi connectivity index (χ0n) is 11.8. The summed E-state index contributed by atoms with van der Waals surface area (Å²) in [6.07, 6.45) is 23.4. The molecule has 0 heteroatoms. The van der Waals surface area contributed by atoms with E-state index in [1.165, 1.54) is 51.4 Å². The smallest absolute Gasteiger partial charge is 0.0169 e. The Balaban J connectivity index is 3.08. The Morgan fingerprint density at radius 1 is 0.706 bits per heavy atom. The molecule has 0 aromatic rings. The van der Waals surface area contributed by atoms with Gasteiger partial charge in [0, 0.05) is 0 Å². The third-order valence-corrected chi connectivity index (χ3v) is 2.95. The van der Waals surface area contributed by atoms with Gasteiger partial charge in [-0.1, -0.05) is 76.7 Å². The minimum atomic E-state index is 1.01. The Morgan fingerprint density at radius 2 is 1.29 bits per heavy atom. The van der Waals surface area contributed by atoms with Crippen molar-refractivity contribution in [3.8, 4) is 0 Å². The molecule has 0 aliphatic rings. The third kappa shape index (κ3) is 15.5. The number of rotatable bonds is 12. The first kappa shape index (κ1) is 16.5. The van der Waals surface area contributed by atoms with Gasteiger partial charge < -0.3 is 0 Å². The normalized spacial score (nSPS) is 11.9. The van der Waals surface area contributed by atoms with Crippen LogP contribution in [0.2, 0.25) is 0 Å². The van der Waals surface area contributed by atoms with Crippen molar-refractivity contribution >= 4 is 0 Å². The van der Waals surface area contributed by atoms with Gasteiger partial charge in [0.25, 0.3) is 0 Å². The van der Waals surface area contributed by atoms with Crippen molar-refractivity contribution in [1.82, 2.24) is 0 Å². The molecule has 0 fully saturated rings. The number of allylic oxidation sites excluding steroid dienone is 4. The Labute approximate surface area is 109 Å². The molecule has 17 heavy (non-hydrogen) atoms. The molecular weight excluding hydrogens is 204 g/mol. The van der Waals surface area contributed by atoms with Crippen LogP contribution in [0.3, 0.4) is 0 Å². The van der Waals surface area contributed by atoms with Gasteiger partial charge in [-0.05, 0) is 32.1 Å². The summed E-state index contributed by atoms with van der Waals surface area (Å²) in [6.45, 7) is 6.08. The van der Waals surface area contributed by atoms with Crippen LogP contribution in [-0.2, 0) is 0 Å². The maximum Gasteiger partial charge on any atom is -0.0169 e. The molecule has 0 heterocycles. The van der Waals surface area contributed by atoms with Crippen molar-refractivity contribution < 1.29 is 0 Å². The van der Waals surface area contributed by atoms with E-state index >= 15 is 0 Å². The minimum Gasteiger partial charge on any atom is -0.0882 e. The zero-order valence-corrected chi connectivity index (χ0v) is 11.8. The lowest BCUT2D eigenvalue weighted by Gasteiger charge is -1.98. The van der Waals surface area contributed by atoms with E-state index in [1.807, 2.05) is 0 Å². The fraction of sp³-hybridized carbons (Fsp3) is 0.706. The molecule has 1 radical (unpaired) electrons. The van der Waals surface area contributed by atoms with Gasteiger partial charge in [0.15, 0.2) is 0 Å². The molecule has 0 saturated heterocycles. The fourth-order valence-electron chi connectivity index (χ4n) is 1.84. The monoisotopic (exact) mass is 235 g/mol. The molecule has 0 nitrogen and oxygen atoms in total.